The summed E-state index contributed by atoms with van der Waals surface area (Å²) in [6.45, 7) is 7.60. The van der Waals surface area contributed by atoms with Gasteiger partial charge in [-0.1, -0.05) is 33.1 Å². The molecule has 2 aliphatic heterocycles. The molecule has 7 heteroatoms. The van der Waals surface area contributed by atoms with Crippen LogP contribution in [0.3, 0.4) is 0 Å². The zero-order valence-electron chi connectivity index (χ0n) is 21.1. The van der Waals surface area contributed by atoms with Gasteiger partial charge in [0.05, 0.1) is 6.04 Å². The molecule has 1 N–H and O–H groups in total. The number of rotatable bonds is 8. The predicted molar refractivity (Wildman–Crippen MR) is 137 cm³/mol. The van der Waals surface area contributed by atoms with Gasteiger partial charge in [0.15, 0.2) is 0 Å². The monoisotopic (exact) mass is 483 g/mol. The molecule has 3 fully saturated rings. The highest BCUT2D eigenvalue weighted by Gasteiger charge is 2.42. The molecule has 1 amide bonds. The van der Waals surface area contributed by atoms with Crippen LogP contribution in [0.2, 0.25) is 0 Å². The van der Waals surface area contributed by atoms with Crippen molar-refractivity contribution in [3.8, 4) is 0 Å². The van der Waals surface area contributed by atoms with Crippen molar-refractivity contribution in [2.45, 2.75) is 115 Å². The predicted octanol–water partition coefficient (Wildman–Crippen LogP) is 5.77. The Morgan fingerprint density at radius 2 is 1.82 bits per heavy atom. The average molecular weight is 484 g/mol. The van der Waals surface area contributed by atoms with Gasteiger partial charge in [0.1, 0.15) is 11.6 Å². The van der Waals surface area contributed by atoms with Gasteiger partial charge >= 0.3 is 0 Å². The van der Waals surface area contributed by atoms with Gasteiger partial charge in [-0.15, -0.1) is 10.2 Å². The molecule has 0 radical (unpaired) electrons. The van der Waals surface area contributed by atoms with Crippen molar-refractivity contribution in [1.82, 2.24) is 25.0 Å². The van der Waals surface area contributed by atoms with Crippen LogP contribution in [0.15, 0.2) is 16.8 Å². The van der Waals surface area contributed by atoms with E-state index in [0.29, 0.717) is 24.0 Å². The van der Waals surface area contributed by atoms with Crippen molar-refractivity contribution in [2.24, 2.45) is 5.92 Å². The topological polar surface area (TPSA) is 63.1 Å². The van der Waals surface area contributed by atoms with E-state index < -0.39 is 0 Å². The molecule has 3 atom stereocenters. The molecule has 186 valence electrons. The van der Waals surface area contributed by atoms with Gasteiger partial charge in [-0.25, -0.2) is 0 Å². The highest BCUT2D eigenvalue weighted by atomic mass is 32.1. The summed E-state index contributed by atoms with van der Waals surface area (Å²) in [5, 5.41) is 16.7. The van der Waals surface area contributed by atoms with Crippen molar-refractivity contribution >= 4 is 17.2 Å². The molecule has 1 aliphatic carbocycles. The van der Waals surface area contributed by atoms with Crippen molar-refractivity contribution in [3.05, 3.63) is 34.0 Å². The molecule has 34 heavy (non-hydrogen) atoms. The lowest BCUT2D eigenvalue weighted by Crippen LogP contribution is -2.45. The Balaban J connectivity index is 1.23. The van der Waals surface area contributed by atoms with Crippen LogP contribution >= 0.6 is 11.3 Å². The fourth-order valence-corrected chi connectivity index (χ4v) is 7.49. The lowest BCUT2D eigenvalue weighted by atomic mass is 9.88. The van der Waals surface area contributed by atoms with Crippen molar-refractivity contribution in [2.75, 3.05) is 6.54 Å². The summed E-state index contributed by atoms with van der Waals surface area (Å²) in [6.07, 6.45) is 11.7. The first-order valence-corrected chi connectivity index (χ1v) is 14.4. The number of aryl methyl sites for hydroxylation is 1. The molecule has 0 aromatic carbocycles. The molecule has 3 aliphatic rings. The van der Waals surface area contributed by atoms with Gasteiger partial charge < -0.3 is 9.88 Å². The molecule has 5 rings (SSSR count). The van der Waals surface area contributed by atoms with E-state index in [-0.39, 0.29) is 17.9 Å². The summed E-state index contributed by atoms with van der Waals surface area (Å²) in [4.78, 5) is 15.8. The number of hydrogen-bond donors (Lipinski definition) is 1. The Bertz CT molecular complexity index is 934. The number of hydrogen-bond acceptors (Lipinski definition) is 5. The fourth-order valence-electron chi connectivity index (χ4n) is 6.78. The molecule has 2 unspecified atom stereocenters. The Morgan fingerprint density at radius 1 is 1.09 bits per heavy atom. The SMILES string of the molecule is Cc1nnc(C(C)C)n1C1CC2CCC(C1)N2CC[C@H](NC(=O)C1CCCCC1)c1ccsc1. The maximum Gasteiger partial charge on any atom is 0.223 e. The van der Waals surface area contributed by atoms with E-state index in [1.807, 2.05) is 0 Å². The van der Waals surface area contributed by atoms with Crippen molar-refractivity contribution < 1.29 is 4.79 Å². The number of aromatic nitrogens is 3. The summed E-state index contributed by atoms with van der Waals surface area (Å²) in [5.74, 6) is 3.09. The number of nitrogens with one attached hydrogen (secondary N) is 1. The largest absolute Gasteiger partial charge is 0.349 e. The maximum atomic E-state index is 13.1. The second kappa shape index (κ2) is 10.5. The van der Waals surface area contributed by atoms with Gasteiger partial charge in [0.25, 0.3) is 0 Å². The summed E-state index contributed by atoms with van der Waals surface area (Å²) >= 11 is 1.73. The van der Waals surface area contributed by atoms with Crippen molar-refractivity contribution in [1.29, 1.82) is 0 Å². The Hall–Kier alpha value is -1.73. The first-order chi connectivity index (χ1) is 16.5. The number of piperidine rings is 1. The van der Waals surface area contributed by atoms with E-state index >= 15 is 0 Å². The molecule has 0 spiro atoms. The first-order valence-electron chi connectivity index (χ1n) is 13.5. The van der Waals surface area contributed by atoms with Gasteiger partial charge in [-0.05, 0) is 74.3 Å². The van der Waals surface area contributed by atoms with E-state index in [1.54, 1.807) is 11.3 Å². The maximum absolute atomic E-state index is 13.1. The van der Waals surface area contributed by atoms with E-state index in [4.69, 9.17) is 0 Å². The minimum Gasteiger partial charge on any atom is -0.349 e. The normalized spacial score (nSPS) is 26.8. The first kappa shape index (κ1) is 24.0. The van der Waals surface area contributed by atoms with Crippen LogP contribution in [0.5, 0.6) is 0 Å². The third-order valence-corrected chi connectivity index (χ3v) is 9.25. The molecule has 2 aromatic rings. The average Bonchev–Trinajstić information content (AvgIpc) is 3.55. The standard InChI is InChI=1S/C27H41N5OS/c1-18(2)26-30-29-19(3)32(26)24-15-22-9-10-23(16-24)31(22)13-11-25(21-12-14-34-17-21)28-27(33)20-7-5-4-6-8-20/h12,14,17-18,20,22-25H,4-11,13,15-16H2,1-3H3,(H,28,33)/t22?,23?,24?,25-/m0/s1. The van der Waals surface area contributed by atoms with Crippen LogP contribution in [0.4, 0.5) is 0 Å². The van der Waals surface area contributed by atoms with E-state index in [2.05, 4.69) is 62.6 Å². The number of nitrogens with zero attached hydrogens (tertiary/aromatic N) is 4. The van der Waals surface area contributed by atoms with Crippen LogP contribution in [0, 0.1) is 12.8 Å². The van der Waals surface area contributed by atoms with E-state index in [9.17, 15) is 4.79 Å². The van der Waals surface area contributed by atoms with Crippen LogP contribution in [-0.4, -0.2) is 44.2 Å². The molecule has 6 nitrogen and oxygen atoms in total. The number of thiophene rings is 1. The molecule has 2 bridgehead atoms. The summed E-state index contributed by atoms with van der Waals surface area (Å²) in [5.41, 5.74) is 1.28. The van der Waals surface area contributed by atoms with E-state index in [1.165, 1.54) is 50.5 Å². The van der Waals surface area contributed by atoms with Crippen molar-refractivity contribution in [3.63, 3.8) is 0 Å². The smallest absolute Gasteiger partial charge is 0.223 e. The van der Waals surface area contributed by atoms with Gasteiger partial charge in [0, 0.05) is 36.5 Å². The van der Waals surface area contributed by atoms with Crippen LogP contribution in [0.1, 0.15) is 113 Å². The minimum atomic E-state index is 0.130. The quantitative estimate of drug-likeness (QED) is 0.518. The zero-order valence-corrected chi connectivity index (χ0v) is 21.9. The van der Waals surface area contributed by atoms with Gasteiger partial charge in [-0.3, -0.25) is 9.69 Å². The number of fused-ring (bicyclic) bond motifs is 2. The number of carbonyl (C=O) groups excluding carboxylic acids is 1. The Kier molecular flexibility index (Phi) is 7.40. The second-order valence-corrected chi connectivity index (χ2v) is 11.9. The zero-order chi connectivity index (χ0) is 23.7. The highest BCUT2D eigenvalue weighted by molar-refractivity contribution is 7.08. The lowest BCUT2D eigenvalue weighted by Gasteiger charge is -2.40. The van der Waals surface area contributed by atoms with Crippen LogP contribution in [0.25, 0.3) is 0 Å². The molecule has 2 aromatic heterocycles. The molecular formula is C27H41N5OS. The third-order valence-electron chi connectivity index (χ3n) is 8.55. The molecule has 2 saturated heterocycles. The fraction of sp³-hybridized carbons (Fsp3) is 0.741. The van der Waals surface area contributed by atoms with Gasteiger partial charge in [-0.2, -0.15) is 11.3 Å². The summed E-state index contributed by atoms with van der Waals surface area (Å²) in [7, 11) is 0. The second-order valence-electron chi connectivity index (χ2n) is 11.1. The molecular weight excluding hydrogens is 442 g/mol. The minimum absolute atomic E-state index is 0.130. The molecule has 4 heterocycles. The van der Waals surface area contributed by atoms with E-state index in [0.717, 1.165) is 37.5 Å². The van der Waals surface area contributed by atoms with Gasteiger partial charge in [0.2, 0.25) is 5.91 Å². The summed E-state index contributed by atoms with van der Waals surface area (Å²) < 4.78 is 2.44. The lowest BCUT2D eigenvalue weighted by molar-refractivity contribution is -0.126. The Labute approximate surface area is 208 Å². The molecule has 1 saturated carbocycles. The number of carbonyl (C=O) groups is 1. The highest BCUT2D eigenvalue weighted by Crippen LogP contribution is 2.42. The summed E-state index contributed by atoms with van der Waals surface area (Å²) in [6, 6.07) is 4.09. The van der Waals surface area contributed by atoms with Crippen LogP contribution in [-0.2, 0) is 4.79 Å². The van der Waals surface area contributed by atoms with Crippen LogP contribution < -0.4 is 5.32 Å². The number of amides is 1. The third kappa shape index (κ3) is 4.97. The Morgan fingerprint density at radius 3 is 2.47 bits per heavy atom.